The molecule has 1 aliphatic heterocycles. The van der Waals surface area contributed by atoms with E-state index in [2.05, 4.69) is 17.1 Å². The maximum absolute atomic E-state index is 13.2. The summed E-state index contributed by atoms with van der Waals surface area (Å²) < 4.78 is 13.2. The Balaban J connectivity index is 2.00. The van der Waals surface area contributed by atoms with Crippen LogP contribution in [0.2, 0.25) is 0 Å². The van der Waals surface area contributed by atoms with Gasteiger partial charge >= 0.3 is 0 Å². The molecule has 1 fully saturated rings. The molecular weight excluding hydrogens is 243 g/mol. The highest BCUT2D eigenvalue weighted by atomic mass is 19.1. The topological polar surface area (TPSA) is 35.5 Å². The number of aliphatic hydroxyl groups is 1. The molecule has 1 saturated heterocycles. The van der Waals surface area contributed by atoms with Crippen LogP contribution in [0.1, 0.15) is 26.2 Å². The number of hydrogen-bond acceptors (Lipinski definition) is 3. The monoisotopic (exact) mass is 266 g/mol. The summed E-state index contributed by atoms with van der Waals surface area (Å²) in [6.07, 6.45) is 2.93. The fourth-order valence-electron chi connectivity index (χ4n) is 2.72. The number of likely N-dealkylation sites (tertiary alicyclic amines) is 1. The van der Waals surface area contributed by atoms with Crippen LogP contribution in [0.5, 0.6) is 0 Å². The zero-order valence-corrected chi connectivity index (χ0v) is 11.5. The van der Waals surface area contributed by atoms with Crippen LogP contribution in [-0.2, 0) is 0 Å². The summed E-state index contributed by atoms with van der Waals surface area (Å²) in [5.74, 6) is -0.249. The molecule has 4 heteroatoms. The van der Waals surface area contributed by atoms with Gasteiger partial charge in [0.15, 0.2) is 0 Å². The lowest BCUT2D eigenvalue weighted by Crippen LogP contribution is -2.51. The highest BCUT2D eigenvalue weighted by molar-refractivity contribution is 5.46. The third kappa shape index (κ3) is 3.67. The Bertz CT molecular complexity index is 403. The maximum atomic E-state index is 13.2. The van der Waals surface area contributed by atoms with E-state index in [0.717, 1.165) is 44.6 Å². The van der Waals surface area contributed by atoms with Crippen molar-refractivity contribution in [3.8, 4) is 0 Å². The number of benzene rings is 1. The molecule has 0 spiro atoms. The first-order valence-corrected chi connectivity index (χ1v) is 7.04. The van der Waals surface area contributed by atoms with E-state index in [1.54, 1.807) is 6.07 Å². The van der Waals surface area contributed by atoms with Crippen LogP contribution < -0.4 is 5.32 Å². The fourth-order valence-corrected chi connectivity index (χ4v) is 2.72. The molecule has 106 valence electrons. The molecule has 19 heavy (non-hydrogen) atoms. The molecule has 1 heterocycles. The van der Waals surface area contributed by atoms with E-state index >= 15 is 0 Å². The Morgan fingerprint density at radius 2 is 2.11 bits per heavy atom. The van der Waals surface area contributed by atoms with Crippen molar-refractivity contribution in [3.05, 3.63) is 30.1 Å². The summed E-state index contributed by atoms with van der Waals surface area (Å²) in [5.41, 5.74) is 0.441. The highest BCUT2D eigenvalue weighted by Crippen LogP contribution is 2.27. The number of anilines is 1. The Morgan fingerprint density at radius 1 is 1.37 bits per heavy atom. The Morgan fingerprint density at radius 3 is 2.68 bits per heavy atom. The van der Waals surface area contributed by atoms with E-state index in [1.165, 1.54) is 12.1 Å². The summed E-state index contributed by atoms with van der Waals surface area (Å²) in [6, 6.07) is 6.45. The van der Waals surface area contributed by atoms with E-state index in [1.807, 2.05) is 6.07 Å². The van der Waals surface area contributed by atoms with Crippen molar-refractivity contribution < 1.29 is 9.50 Å². The smallest absolute Gasteiger partial charge is 0.125 e. The van der Waals surface area contributed by atoms with Crippen LogP contribution in [-0.4, -0.2) is 41.8 Å². The molecule has 2 rings (SSSR count). The third-order valence-corrected chi connectivity index (χ3v) is 3.89. The summed E-state index contributed by atoms with van der Waals surface area (Å²) in [7, 11) is 0. The second-order valence-corrected chi connectivity index (χ2v) is 5.42. The first-order chi connectivity index (χ1) is 9.17. The molecule has 1 aromatic rings. The van der Waals surface area contributed by atoms with Gasteiger partial charge in [0.2, 0.25) is 0 Å². The highest BCUT2D eigenvalue weighted by Gasteiger charge is 2.33. The summed E-state index contributed by atoms with van der Waals surface area (Å²) in [4.78, 5) is 2.42. The Labute approximate surface area is 114 Å². The largest absolute Gasteiger partial charge is 0.394 e. The van der Waals surface area contributed by atoms with Gasteiger partial charge in [-0.2, -0.15) is 0 Å². The van der Waals surface area contributed by atoms with Crippen LogP contribution in [0.15, 0.2) is 24.3 Å². The third-order valence-electron chi connectivity index (χ3n) is 3.89. The second kappa shape index (κ2) is 6.35. The van der Waals surface area contributed by atoms with E-state index in [9.17, 15) is 9.50 Å². The minimum atomic E-state index is -0.308. The zero-order valence-electron chi connectivity index (χ0n) is 11.5. The average Bonchev–Trinajstić information content (AvgIpc) is 2.42. The standard InChI is InChI=1S/C15H23FN2O/c1-2-8-18-9-6-15(12-19,7-10-18)17-14-5-3-4-13(16)11-14/h3-5,11,17,19H,2,6-10,12H2,1H3. The maximum Gasteiger partial charge on any atom is 0.125 e. The molecule has 1 aliphatic rings. The van der Waals surface area contributed by atoms with E-state index < -0.39 is 0 Å². The van der Waals surface area contributed by atoms with Gasteiger partial charge in [0.05, 0.1) is 12.1 Å². The van der Waals surface area contributed by atoms with Gasteiger partial charge in [-0.1, -0.05) is 13.0 Å². The van der Waals surface area contributed by atoms with Gasteiger partial charge in [-0.25, -0.2) is 4.39 Å². The molecule has 0 unspecified atom stereocenters. The number of aliphatic hydroxyl groups excluding tert-OH is 1. The molecule has 3 nitrogen and oxygen atoms in total. The lowest BCUT2D eigenvalue weighted by Gasteiger charge is -2.42. The molecule has 0 radical (unpaired) electrons. The molecule has 0 aliphatic carbocycles. The Kier molecular flexibility index (Phi) is 4.77. The normalized spacial score (nSPS) is 19.3. The predicted molar refractivity (Wildman–Crippen MR) is 75.8 cm³/mol. The van der Waals surface area contributed by atoms with E-state index in [4.69, 9.17) is 0 Å². The van der Waals surface area contributed by atoms with Gasteiger partial charge in [-0.3, -0.25) is 0 Å². The SMILES string of the molecule is CCCN1CCC(CO)(Nc2cccc(F)c2)CC1. The first kappa shape index (κ1) is 14.3. The minimum Gasteiger partial charge on any atom is -0.394 e. The number of piperidine rings is 1. The van der Waals surface area contributed by atoms with Crippen LogP contribution in [0.3, 0.4) is 0 Å². The van der Waals surface area contributed by atoms with E-state index in [0.29, 0.717) is 0 Å². The van der Waals surface area contributed by atoms with Crippen LogP contribution in [0.25, 0.3) is 0 Å². The average molecular weight is 266 g/mol. The van der Waals surface area contributed by atoms with Crippen molar-refractivity contribution in [3.63, 3.8) is 0 Å². The van der Waals surface area contributed by atoms with Crippen molar-refractivity contribution in [2.24, 2.45) is 0 Å². The molecule has 0 atom stereocenters. The molecule has 0 amide bonds. The zero-order chi connectivity index (χ0) is 13.7. The van der Waals surface area contributed by atoms with Gasteiger partial charge in [-0.15, -0.1) is 0 Å². The van der Waals surface area contributed by atoms with Gasteiger partial charge in [0.25, 0.3) is 0 Å². The van der Waals surface area contributed by atoms with Crippen molar-refractivity contribution >= 4 is 5.69 Å². The lowest BCUT2D eigenvalue weighted by molar-refractivity contribution is 0.119. The number of hydrogen-bond donors (Lipinski definition) is 2. The van der Waals surface area contributed by atoms with Crippen molar-refractivity contribution in [2.45, 2.75) is 31.7 Å². The second-order valence-electron chi connectivity index (χ2n) is 5.42. The number of nitrogens with one attached hydrogen (secondary N) is 1. The summed E-state index contributed by atoms with van der Waals surface area (Å²) in [6.45, 7) is 5.34. The summed E-state index contributed by atoms with van der Waals surface area (Å²) in [5, 5.41) is 13.0. The lowest BCUT2D eigenvalue weighted by atomic mass is 9.88. The van der Waals surface area contributed by atoms with Gasteiger partial charge < -0.3 is 15.3 Å². The number of rotatable bonds is 5. The number of nitrogens with zero attached hydrogens (tertiary/aromatic N) is 1. The molecule has 0 aromatic heterocycles. The molecule has 2 N–H and O–H groups in total. The van der Waals surface area contributed by atoms with Crippen LogP contribution in [0.4, 0.5) is 10.1 Å². The predicted octanol–water partition coefficient (Wildman–Crippen LogP) is 2.47. The van der Waals surface area contributed by atoms with Crippen molar-refractivity contribution in [1.29, 1.82) is 0 Å². The van der Waals surface area contributed by atoms with Gasteiger partial charge in [0.1, 0.15) is 5.82 Å². The minimum absolute atomic E-state index is 0.0868. The molecule has 0 bridgehead atoms. The molecular formula is C15H23FN2O. The van der Waals surface area contributed by atoms with Crippen LogP contribution >= 0.6 is 0 Å². The Hall–Kier alpha value is -1.13. The molecule has 1 aromatic carbocycles. The van der Waals surface area contributed by atoms with Gasteiger partial charge in [0, 0.05) is 18.8 Å². The quantitative estimate of drug-likeness (QED) is 0.859. The van der Waals surface area contributed by atoms with E-state index in [-0.39, 0.29) is 18.0 Å². The van der Waals surface area contributed by atoms with Gasteiger partial charge in [-0.05, 0) is 44.0 Å². The van der Waals surface area contributed by atoms with Crippen molar-refractivity contribution in [1.82, 2.24) is 4.90 Å². The number of halogens is 1. The molecule has 0 saturated carbocycles. The fraction of sp³-hybridized carbons (Fsp3) is 0.600. The van der Waals surface area contributed by atoms with Crippen molar-refractivity contribution in [2.75, 3.05) is 31.6 Å². The first-order valence-electron chi connectivity index (χ1n) is 7.04. The van der Waals surface area contributed by atoms with Crippen LogP contribution in [0, 0.1) is 5.82 Å². The summed E-state index contributed by atoms with van der Waals surface area (Å²) >= 11 is 0.